The summed E-state index contributed by atoms with van der Waals surface area (Å²) >= 11 is 0. The van der Waals surface area contributed by atoms with Crippen LogP contribution in [0.15, 0.2) is 36.0 Å². The molecule has 1 saturated heterocycles. The Kier molecular flexibility index (Phi) is 7.16. The Labute approximate surface area is 171 Å². The number of carbonyl (C=O) groups excluding carboxylic acids is 2. The lowest BCUT2D eigenvalue weighted by Crippen LogP contribution is -2.54. The van der Waals surface area contributed by atoms with Gasteiger partial charge >= 0.3 is 0 Å². The lowest BCUT2D eigenvalue weighted by Gasteiger charge is -2.43. The number of likely N-dealkylation sites (N-methyl/N-ethyl adjacent to an activating group) is 1. The van der Waals surface area contributed by atoms with Crippen molar-refractivity contribution in [1.29, 1.82) is 0 Å². The summed E-state index contributed by atoms with van der Waals surface area (Å²) in [5.41, 5.74) is 1.01. The maximum Gasteiger partial charge on any atom is 0.239 e. The number of allylic oxidation sites excluding steroid dienone is 2. The molecule has 0 aliphatic carbocycles. The molecule has 1 aromatic rings. The summed E-state index contributed by atoms with van der Waals surface area (Å²) in [6.07, 6.45) is 1.51. The standard InChI is InChI=1S/C22H30FN3O3/c1-4-24-9-11-25(12-10-24)21(17-7-5-6-8-18(17)23)20-19(27)15-16(2)26(22(20)28)13-14-29-3/h5-8,15,20-21H,4,9-14H2,1-3H3. The molecule has 0 N–H and O–H groups in total. The van der Waals surface area contributed by atoms with Crippen LogP contribution in [0.25, 0.3) is 0 Å². The topological polar surface area (TPSA) is 53.1 Å². The van der Waals surface area contributed by atoms with Crippen molar-refractivity contribution in [3.8, 4) is 0 Å². The molecular weight excluding hydrogens is 373 g/mol. The molecule has 2 heterocycles. The molecule has 2 atom stereocenters. The fourth-order valence-corrected chi connectivity index (χ4v) is 4.26. The van der Waals surface area contributed by atoms with Gasteiger partial charge in [0.2, 0.25) is 5.91 Å². The van der Waals surface area contributed by atoms with Gasteiger partial charge in [-0.1, -0.05) is 25.1 Å². The number of benzene rings is 1. The minimum Gasteiger partial charge on any atom is -0.383 e. The number of piperazine rings is 1. The van der Waals surface area contributed by atoms with Gasteiger partial charge in [0.15, 0.2) is 5.78 Å². The molecule has 2 aliphatic rings. The van der Waals surface area contributed by atoms with Crippen LogP contribution in [0.4, 0.5) is 4.39 Å². The van der Waals surface area contributed by atoms with Crippen molar-refractivity contribution in [1.82, 2.24) is 14.7 Å². The normalized spacial score (nSPS) is 22.7. The van der Waals surface area contributed by atoms with Gasteiger partial charge in [-0.25, -0.2) is 4.39 Å². The number of amides is 1. The molecule has 1 amide bonds. The highest BCUT2D eigenvalue weighted by atomic mass is 19.1. The van der Waals surface area contributed by atoms with Crippen molar-refractivity contribution in [2.24, 2.45) is 5.92 Å². The monoisotopic (exact) mass is 403 g/mol. The van der Waals surface area contributed by atoms with Crippen molar-refractivity contribution in [2.45, 2.75) is 19.9 Å². The van der Waals surface area contributed by atoms with Crippen LogP contribution in [0, 0.1) is 11.7 Å². The first-order valence-electron chi connectivity index (χ1n) is 10.2. The van der Waals surface area contributed by atoms with E-state index in [2.05, 4.69) is 16.7 Å². The molecule has 0 saturated carbocycles. The molecule has 158 valence electrons. The quantitative estimate of drug-likeness (QED) is 0.653. The molecule has 0 bridgehead atoms. The van der Waals surface area contributed by atoms with Crippen LogP contribution in [-0.4, -0.2) is 79.4 Å². The first kappa shape index (κ1) is 21.6. The van der Waals surface area contributed by atoms with Crippen LogP contribution in [-0.2, 0) is 14.3 Å². The van der Waals surface area contributed by atoms with Crippen LogP contribution in [0.3, 0.4) is 0 Å². The first-order chi connectivity index (χ1) is 14.0. The van der Waals surface area contributed by atoms with Crippen LogP contribution in [0.2, 0.25) is 0 Å². The fourth-order valence-electron chi connectivity index (χ4n) is 4.26. The van der Waals surface area contributed by atoms with Crippen molar-refractivity contribution in [3.63, 3.8) is 0 Å². The van der Waals surface area contributed by atoms with Crippen molar-refractivity contribution >= 4 is 11.7 Å². The van der Waals surface area contributed by atoms with E-state index in [0.29, 0.717) is 37.5 Å². The maximum atomic E-state index is 14.8. The van der Waals surface area contributed by atoms with E-state index in [4.69, 9.17) is 4.74 Å². The second kappa shape index (κ2) is 9.61. The molecule has 1 fully saturated rings. The second-order valence-corrected chi connectivity index (χ2v) is 7.59. The zero-order valence-corrected chi connectivity index (χ0v) is 17.4. The minimum absolute atomic E-state index is 0.257. The molecule has 3 rings (SSSR count). The highest BCUT2D eigenvalue weighted by Crippen LogP contribution is 2.36. The molecule has 0 aromatic heterocycles. The highest BCUT2D eigenvalue weighted by Gasteiger charge is 2.44. The molecule has 1 aromatic carbocycles. The van der Waals surface area contributed by atoms with Gasteiger partial charge in [-0.3, -0.25) is 14.5 Å². The van der Waals surface area contributed by atoms with E-state index in [0.717, 1.165) is 19.6 Å². The number of halogens is 1. The molecule has 7 heteroatoms. The molecule has 29 heavy (non-hydrogen) atoms. The summed E-state index contributed by atoms with van der Waals surface area (Å²) in [6, 6.07) is 5.85. The molecule has 2 unspecified atom stereocenters. The number of methoxy groups -OCH3 is 1. The Hall–Kier alpha value is -2.09. The largest absolute Gasteiger partial charge is 0.383 e. The maximum absolute atomic E-state index is 14.8. The van der Waals surface area contributed by atoms with E-state index >= 15 is 0 Å². The highest BCUT2D eigenvalue weighted by molar-refractivity contribution is 6.10. The van der Waals surface area contributed by atoms with Gasteiger partial charge in [0.25, 0.3) is 0 Å². The van der Waals surface area contributed by atoms with E-state index in [-0.39, 0.29) is 17.5 Å². The third kappa shape index (κ3) is 4.57. The SMILES string of the molecule is CCN1CCN(C(c2ccccc2F)C2C(=O)C=C(C)N(CCOC)C2=O)CC1. The Morgan fingerprint density at radius 1 is 1.17 bits per heavy atom. The lowest BCUT2D eigenvalue weighted by atomic mass is 9.84. The smallest absolute Gasteiger partial charge is 0.239 e. The third-order valence-electron chi connectivity index (χ3n) is 5.92. The molecular formula is C22H30FN3O3. The average molecular weight is 403 g/mol. The first-order valence-corrected chi connectivity index (χ1v) is 10.2. The number of ketones is 1. The van der Waals surface area contributed by atoms with E-state index in [1.54, 1.807) is 37.1 Å². The van der Waals surface area contributed by atoms with Crippen molar-refractivity contribution in [2.75, 3.05) is 53.0 Å². The van der Waals surface area contributed by atoms with E-state index in [1.165, 1.54) is 12.1 Å². The number of rotatable bonds is 7. The molecule has 2 aliphatic heterocycles. The molecule has 0 radical (unpaired) electrons. The van der Waals surface area contributed by atoms with Crippen LogP contribution in [0.1, 0.15) is 25.5 Å². The van der Waals surface area contributed by atoms with Crippen LogP contribution < -0.4 is 0 Å². The number of hydrogen-bond donors (Lipinski definition) is 0. The number of carbonyl (C=O) groups is 2. The van der Waals surface area contributed by atoms with Gasteiger partial charge < -0.3 is 14.5 Å². The second-order valence-electron chi connectivity index (χ2n) is 7.59. The van der Waals surface area contributed by atoms with Gasteiger partial charge in [-0.05, 0) is 19.5 Å². The number of ether oxygens (including phenoxy) is 1. The average Bonchev–Trinajstić information content (AvgIpc) is 2.72. The van der Waals surface area contributed by atoms with Gasteiger partial charge in [0.05, 0.1) is 12.6 Å². The van der Waals surface area contributed by atoms with Crippen molar-refractivity contribution in [3.05, 3.63) is 47.4 Å². The zero-order chi connectivity index (χ0) is 21.0. The van der Waals surface area contributed by atoms with E-state index in [9.17, 15) is 14.0 Å². The van der Waals surface area contributed by atoms with Gasteiger partial charge in [0.1, 0.15) is 11.7 Å². The Balaban J connectivity index is 1.98. The van der Waals surface area contributed by atoms with Gasteiger partial charge in [0, 0.05) is 57.2 Å². The summed E-state index contributed by atoms with van der Waals surface area (Å²) in [6.45, 7) is 8.59. The summed E-state index contributed by atoms with van der Waals surface area (Å²) in [4.78, 5) is 32.4. The zero-order valence-electron chi connectivity index (χ0n) is 17.4. The minimum atomic E-state index is -0.958. The summed E-state index contributed by atoms with van der Waals surface area (Å²) in [5, 5.41) is 0. The van der Waals surface area contributed by atoms with Gasteiger partial charge in [-0.2, -0.15) is 0 Å². The summed E-state index contributed by atoms with van der Waals surface area (Å²) < 4.78 is 19.9. The Morgan fingerprint density at radius 2 is 1.86 bits per heavy atom. The summed E-state index contributed by atoms with van der Waals surface area (Å²) in [5.74, 6) is -1.88. The Morgan fingerprint density at radius 3 is 2.48 bits per heavy atom. The van der Waals surface area contributed by atoms with Crippen LogP contribution >= 0.6 is 0 Å². The summed E-state index contributed by atoms with van der Waals surface area (Å²) in [7, 11) is 1.57. The third-order valence-corrected chi connectivity index (χ3v) is 5.92. The Bertz CT molecular complexity index is 774. The predicted octanol–water partition coefficient (Wildman–Crippen LogP) is 2.08. The molecule has 6 nitrogen and oxygen atoms in total. The molecule has 0 spiro atoms. The van der Waals surface area contributed by atoms with Gasteiger partial charge in [-0.15, -0.1) is 0 Å². The fraction of sp³-hybridized carbons (Fsp3) is 0.545. The van der Waals surface area contributed by atoms with Crippen molar-refractivity contribution < 1.29 is 18.7 Å². The lowest BCUT2D eigenvalue weighted by molar-refractivity contribution is -0.144. The number of nitrogens with zero attached hydrogens (tertiary/aromatic N) is 3. The predicted molar refractivity (Wildman–Crippen MR) is 109 cm³/mol. The van der Waals surface area contributed by atoms with E-state index in [1.807, 2.05) is 0 Å². The van der Waals surface area contributed by atoms with Crippen LogP contribution in [0.5, 0.6) is 0 Å². The number of hydrogen-bond acceptors (Lipinski definition) is 5. The van der Waals surface area contributed by atoms with E-state index < -0.39 is 12.0 Å².